The Morgan fingerprint density at radius 1 is 1.08 bits per heavy atom. The van der Waals surface area contributed by atoms with Gasteiger partial charge in [-0.25, -0.2) is 4.98 Å². The van der Waals surface area contributed by atoms with Gasteiger partial charge in [0.2, 0.25) is 11.1 Å². The molecule has 0 fully saturated rings. The monoisotopic (exact) mass is 344 g/mol. The number of hydrogen-bond acceptors (Lipinski definition) is 8. The molecule has 8 nitrogen and oxygen atoms in total. The minimum absolute atomic E-state index is 0.0353. The van der Waals surface area contributed by atoms with Crippen LogP contribution in [-0.2, 0) is 5.41 Å². The summed E-state index contributed by atoms with van der Waals surface area (Å²) in [7, 11) is 0. The van der Waals surface area contributed by atoms with Crippen LogP contribution in [0.3, 0.4) is 0 Å². The molecule has 2 heterocycles. The summed E-state index contributed by atoms with van der Waals surface area (Å²) in [6, 6.07) is 9.76. The van der Waals surface area contributed by atoms with E-state index in [-0.39, 0.29) is 5.41 Å². The van der Waals surface area contributed by atoms with Crippen molar-refractivity contribution < 1.29 is 0 Å². The second kappa shape index (κ2) is 6.91. The maximum atomic E-state index is 4.50. The highest BCUT2D eigenvalue weighted by molar-refractivity contribution is 7.09. The van der Waals surface area contributed by atoms with Crippen molar-refractivity contribution in [2.75, 3.05) is 23.7 Å². The Hall–Kier alpha value is -2.55. The number of rotatable bonds is 6. The van der Waals surface area contributed by atoms with E-state index in [1.807, 2.05) is 30.3 Å². The van der Waals surface area contributed by atoms with Gasteiger partial charge in [0.05, 0.1) is 5.69 Å². The topological polar surface area (TPSA) is 93.4 Å². The molecule has 0 amide bonds. The quantitative estimate of drug-likeness (QED) is 0.663. The maximum absolute atomic E-state index is 4.50. The van der Waals surface area contributed by atoms with Crippen molar-refractivity contribution in [3.05, 3.63) is 36.2 Å². The Labute approximate surface area is 144 Å². The largest absolute Gasteiger partial charge is 0.359 e. The molecular weight excluding hydrogens is 324 g/mol. The molecule has 0 aliphatic heterocycles. The van der Waals surface area contributed by atoms with Crippen molar-refractivity contribution in [2.45, 2.75) is 26.2 Å². The second-order valence-electron chi connectivity index (χ2n) is 6.28. The lowest BCUT2D eigenvalue weighted by Crippen LogP contribution is -2.17. The predicted octanol–water partition coefficient (Wildman–Crippen LogP) is 2.34. The molecule has 0 spiro atoms. The first-order chi connectivity index (χ1) is 11.5. The minimum Gasteiger partial charge on any atom is -0.359 e. The first-order valence-corrected chi connectivity index (χ1v) is 8.47. The third kappa shape index (κ3) is 3.85. The third-order valence-electron chi connectivity index (χ3n) is 3.25. The van der Waals surface area contributed by atoms with E-state index >= 15 is 0 Å². The van der Waals surface area contributed by atoms with Gasteiger partial charge < -0.3 is 10.6 Å². The maximum Gasteiger partial charge on any atom is 0.247 e. The summed E-state index contributed by atoms with van der Waals surface area (Å²) in [4.78, 5) is 4.50. The fraction of sp³-hybridized carbons (Fsp3) is 0.400. The molecule has 0 aliphatic rings. The van der Waals surface area contributed by atoms with E-state index in [1.165, 1.54) is 11.5 Å². The molecule has 0 radical (unpaired) electrons. The van der Waals surface area contributed by atoms with Crippen LogP contribution in [0, 0.1) is 0 Å². The lowest BCUT2D eigenvalue weighted by atomic mass is 9.96. The first-order valence-electron chi connectivity index (χ1n) is 7.70. The van der Waals surface area contributed by atoms with E-state index in [4.69, 9.17) is 0 Å². The number of anilines is 2. The van der Waals surface area contributed by atoms with Gasteiger partial charge in [-0.2, -0.15) is 9.06 Å². The molecular formula is C15H20N8S. The Morgan fingerprint density at radius 3 is 2.54 bits per heavy atom. The summed E-state index contributed by atoms with van der Waals surface area (Å²) < 4.78 is 6.05. The van der Waals surface area contributed by atoms with E-state index < -0.39 is 0 Å². The molecule has 3 aromatic rings. The molecule has 0 bridgehead atoms. The molecule has 0 aliphatic carbocycles. The summed E-state index contributed by atoms with van der Waals surface area (Å²) >= 11 is 1.38. The molecule has 0 saturated heterocycles. The summed E-state index contributed by atoms with van der Waals surface area (Å²) in [5, 5.41) is 19.0. The SMILES string of the molecule is CC(C)(C)c1nsc(NCCNc2nnnn2-c2ccccc2)n1. The number of nitrogens with one attached hydrogen (secondary N) is 2. The Bertz CT molecular complexity index is 774. The molecule has 0 unspecified atom stereocenters. The molecule has 9 heteroatoms. The van der Waals surface area contributed by atoms with E-state index in [0.29, 0.717) is 19.0 Å². The van der Waals surface area contributed by atoms with Crippen molar-refractivity contribution in [2.24, 2.45) is 0 Å². The molecule has 24 heavy (non-hydrogen) atoms. The zero-order valence-electron chi connectivity index (χ0n) is 13.9. The van der Waals surface area contributed by atoms with Crippen molar-refractivity contribution in [1.29, 1.82) is 0 Å². The molecule has 0 atom stereocenters. The molecule has 126 valence electrons. The van der Waals surface area contributed by atoms with Crippen molar-refractivity contribution >= 4 is 22.6 Å². The first kappa shape index (κ1) is 16.3. The Morgan fingerprint density at radius 2 is 1.83 bits per heavy atom. The van der Waals surface area contributed by atoms with Crippen LogP contribution in [0.4, 0.5) is 11.1 Å². The highest BCUT2D eigenvalue weighted by Gasteiger charge is 2.19. The van der Waals surface area contributed by atoms with Crippen molar-refractivity contribution in [3.63, 3.8) is 0 Å². The standard InChI is InChI=1S/C15H20N8S/c1-15(2,3)12-18-14(24-20-12)17-10-9-16-13-19-21-22-23(13)11-7-5-4-6-8-11/h4-8H,9-10H2,1-3H3,(H,16,19,22)(H,17,18,20). The lowest BCUT2D eigenvalue weighted by Gasteiger charge is -2.12. The number of nitrogens with zero attached hydrogens (tertiary/aromatic N) is 6. The van der Waals surface area contributed by atoms with Gasteiger partial charge in [-0.3, -0.25) is 0 Å². The fourth-order valence-electron chi connectivity index (χ4n) is 1.98. The van der Waals surface area contributed by atoms with Gasteiger partial charge in [0.25, 0.3) is 0 Å². The number of tetrazole rings is 1. The van der Waals surface area contributed by atoms with Crippen LogP contribution in [0.1, 0.15) is 26.6 Å². The van der Waals surface area contributed by atoms with Gasteiger partial charge in [0.1, 0.15) is 5.82 Å². The van der Waals surface area contributed by atoms with Crippen LogP contribution in [0.5, 0.6) is 0 Å². The van der Waals surface area contributed by atoms with Crippen LogP contribution < -0.4 is 10.6 Å². The summed E-state index contributed by atoms with van der Waals surface area (Å²) in [5.74, 6) is 1.46. The lowest BCUT2D eigenvalue weighted by molar-refractivity contribution is 0.555. The average molecular weight is 344 g/mol. The van der Waals surface area contributed by atoms with Gasteiger partial charge in [0.15, 0.2) is 0 Å². The van der Waals surface area contributed by atoms with E-state index in [9.17, 15) is 0 Å². The van der Waals surface area contributed by atoms with Crippen LogP contribution in [-0.4, -0.2) is 42.7 Å². The molecule has 0 saturated carbocycles. The predicted molar refractivity (Wildman–Crippen MR) is 94.7 cm³/mol. The number of benzene rings is 1. The van der Waals surface area contributed by atoms with Crippen molar-refractivity contribution in [1.82, 2.24) is 29.6 Å². The van der Waals surface area contributed by atoms with E-state index in [2.05, 4.69) is 56.3 Å². The van der Waals surface area contributed by atoms with Gasteiger partial charge in [-0.1, -0.05) is 44.1 Å². The van der Waals surface area contributed by atoms with Crippen molar-refractivity contribution in [3.8, 4) is 5.69 Å². The number of hydrogen-bond donors (Lipinski definition) is 2. The third-order valence-corrected chi connectivity index (χ3v) is 3.92. The molecule has 3 rings (SSSR count). The second-order valence-corrected chi connectivity index (χ2v) is 7.03. The Balaban J connectivity index is 1.53. The zero-order chi connectivity index (χ0) is 17.0. The highest BCUT2D eigenvalue weighted by Crippen LogP contribution is 2.22. The van der Waals surface area contributed by atoms with Crippen LogP contribution in [0.15, 0.2) is 30.3 Å². The van der Waals surface area contributed by atoms with Gasteiger partial charge in [0, 0.05) is 30.0 Å². The zero-order valence-corrected chi connectivity index (χ0v) is 14.7. The van der Waals surface area contributed by atoms with Gasteiger partial charge in [-0.05, 0) is 22.6 Å². The molecule has 1 aromatic carbocycles. The molecule has 2 N–H and O–H groups in total. The molecule has 2 aromatic heterocycles. The smallest absolute Gasteiger partial charge is 0.247 e. The minimum atomic E-state index is -0.0353. The number of aromatic nitrogens is 6. The van der Waals surface area contributed by atoms with E-state index in [1.54, 1.807) is 4.68 Å². The summed E-state index contributed by atoms with van der Waals surface area (Å²) in [5.41, 5.74) is 0.879. The van der Waals surface area contributed by atoms with Crippen LogP contribution in [0.25, 0.3) is 5.69 Å². The summed E-state index contributed by atoms with van der Waals surface area (Å²) in [6.07, 6.45) is 0. The van der Waals surface area contributed by atoms with E-state index in [0.717, 1.165) is 16.6 Å². The van der Waals surface area contributed by atoms with Crippen LogP contribution >= 0.6 is 11.5 Å². The van der Waals surface area contributed by atoms with Gasteiger partial charge >= 0.3 is 0 Å². The fourth-order valence-corrected chi connectivity index (χ4v) is 2.77. The van der Waals surface area contributed by atoms with Crippen LogP contribution in [0.2, 0.25) is 0 Å². The van der Waals surface area contributed by atoms with Gasteiger partial charge in [-0.15, -0.1) is 0 Å². The Kier molecular flexibility index (Phi) is 4.70. The number of para-hydroxylation sites is 1. The summed E-state index contributed by atoms with van der Waals surface area (Å²) in [6.45, 7) is 7.66. The highest BCUT2D eigenvalue weighted by atomic mass is 32.1. The average Bonchev–Trinajstić information content (AvgIpc) is 3.21. The normalized spacial score (nSPS) is 11.5.